The van der Waals surface area contributed by atoms with Gasteiger partial charge in [-0.3, -0.25) is 0 Å². The largest absolute Gasteiger partial charge is 0.337 e. The first-order valence-corrected chi connectivity index (χ1v) is 7.86. The number of hydrogen-bond donors (Lipinski definition) is 0. The molecule has 0 aliphatic rings. The van der Waals surface area contributed by atoms with Crippen LogP contribution in [-0.2, 0) is 6.42 Å². The first-order chi connectivity index (χ1) is 10.8. The van der Waals surface area contributed by atoms with Gasteiger partial charge < -0.3 is 4.90 Å². The summed E-state index contributed by atoms with van der Waals surface area (Å²) in [5.74, 6) is 2.41. The van der Waals surface area contributed by atoms with Crippen molar-refractivity contribution >= 4 is 26.7 Å². The zero-order valence-corrected chi connectivity index (χ0v) is 12.8. The molecule has 0 saturated heterocycles. The van der Waals surface area contributed by atoms with Crippen LogP contribution in [0.4, 0.5) is 9.52 Å². The monoisotopic (exact) mass is 310 g/mol. The van der Waals surface area contributed by atoms with Crippen LogP contribution in [-0.4, -0.2) is 18.1 Å². The van der Waals surface area contributed by atoms with E-state index in [0.29, 0.717) is 12.1 Å². The number of anilines is 1. The predicted molar refractivity (Wildman–Crippen MR) is 90.8 cm³/mol. The number of halogens is 1. The summed E-state index contributed by atoms with van der Waals surface area (Å²) in [6.45, 7) is 1.28. The summed E-state index contributed by atoms with van der Waals surface area (Å²) in [4.78, 5) is 6.58. The van der Waals surface area contributed by atoms with E-state index in [2.05, 4.69) is 27.9 Å². The van der Waals surface area contributed by atoms with Gasteiger partial charge in [-0.25, -0.2) is 9.37 Å². The van der Waals surface area contributed by atoms with E-state index < -0.39 is 0 Å². The number of terminal acetylenes is 1. The zero-order valence-electron chi connectivity index (χ0n) is 12.0. The Morgan fingerprint density at radius 3 is 2.77 bits per heavy atom. The molecule has 2 aromatic carbocycles. The fourth-order valence-corrected chi connectivity index (χ4v) is 3.26. The van der Waals surface area contributed by atoms with Gasteiger partial charge in [0.1, 0.15) is 5.82 Å². The third-order valence-corrected chi connectivity index (χ3v) is 4.50. The van der Waals surface area contributed by atoms with E-state index in [1.54, 1.807) is 17.4 Å². The smallest absolute Gasteiger partial charge is 0.187 e. The Morgan fingerprint density at radius 1 is 1.18 bits per heavy atom. The van der Waals surface area contributed by atoms with E-state index in [4.69, 9.17) is 6.42 Å². The number of aromatic nitrogens is 1. The van der Waals surface area contributed by atoms with Crippen molar-refractivity contribution in [1.82, 2.24) is 4.98 Å². The predicted octanol–water partition coefficient (Wildman–Crippen LogP) is 4.12. The molecule has 0 fully saturated rings. The van der Waals surface area contributed by atoms with Crippen molar-refractivity contribution in [2.24, 2.45) is 0 Å². The van der Waals surface area contributed by atoms with Crippen molar-refractivity contribution in [1.29, 1.82) is 0 Å². The number of rotatable bonds is 5. The standard InChI is InChI=1S/C18H15FN2S/c1-2-11-21(12-10-14-6-4-3-5-7-14)18-20-16-13-15(19)8-9-17(16)22-18/h1,3-9,13H,10-12H2. The highest BCUT2D eigenvalue weighted by Crippen LogP contribution is 2.29. The van der Waals surface area contributed by atoms with Crippen LogP contribution in [0.15, 0.2) is 48.5 Å². The van der Waals surface area contributed by atoms with Crippen molar-refractivity contribution in [2.75, 3.05) is 18.0 Å². The highest BCUT2D eigenvalue weighted by atomic mass is 32.1. The molecule has 0 saturated carbocycles. The Labute approximate surface area is 133 Å². The van der Waals surface area contributed by atoms with Crippen LogP contribution in [0.5, 0.6) is 0 Å². The van der Waals surface area contributed by atoms with E-state index in [1.807, 2.05) is 18.2 Å². The maximum Gasteiger partial charge on any atom is 0.187 e. The van der Waals surface area contributed by atoms with Crippen LogP contribution in [0, 0.1) is 18.2 Å². The van der Waals surface area contributed by atoms with E-state index in [0.717, 1.165) is 22.8 Å². The van der Waals surface area contributed by atoms with E-state index >= 15 is 0 Å². The molecule has 4 heteroatoms. The molecule has 2 nitrogen and oxygen atoms in total. The first-order valence-electron chi connectivity index (χ1n) is 7.05. The second-order valence-corrected chi connectivity index (χ2v) is 5.98. The SMILES string of the molecule is C#CCN(CCc1ccccc1)c1nc2cc(F)ccc2s1. The van der Waals surface area contributed by atoms with Gasteiger partial charge in [-0.05, 0) is 24.1 Å². The molecule has 0 N–H and O–H groups in total. The van der Waals surface area contributed by atoms with Gasteiger partial charge in [-0.2, -0.15) is 0 Å². The molecule has 0 bridgehead atoms. The van der Waals surface area contributed by atoms with E-state index in [9.17, 15) is 4.39 Å². The second-order valence-electron chi connectivity index (χ2n) is 4.97. The molecule has 3 rings (SSSR count). The van der Waals surface area contributed by atoms with Gasteiger partial charge in [-0.1, -0.05) is 47.6 Å². The average Bonchev–Trinajstić information content (AvgIpc) is 2.95. The summed E-state index contributed by atoms with van der Waals surface area (Å²) in [5, 5.41) is 0.842. The molecule has 1 aromatic heterocycles. The molecule has 1 heterocycles. The summed E-state index contributed by atoms with van der Waals surface area (Å²) in [7, 11) is 0. The van der Waals surface area contributed by atoms with Crippen LogP contribution >= 0.6 is 11.3 Å². The first kappa shape index (κ1) is 14.6. The molecule has 0 radical (unpaired) electrons. The minimum atomic E-state index is -0.267. The average molecular weight is 310 g/mol. The Hall–Kier alpha value is -2.38. The summed E-state index contributed by atoms with van der Waals surface area (Å²) in [6, 6.07) is 14.9. The van der Waals surface area contributed by atoms with Crippen LogP contribution in [0.2, 0.25) is 0 Å². The Kier molecular flexibility index (Phi) is 4.36. The molecule has 0 amide bonds. The maximum atomic E-state index is 13.3. The number of nitrogens with zero attached hydrogens (tertiary/aromatic N) is 2. The number of benzene rings is 2. The summed E-state index contributed by atoms with van der Waals surface area (Å²) in [6.07, 6.45) is 6.37. The topological polar surface area (TPSA) is 16.1 Å². The molecule has 3 aromatic rings. The van der Waals surface area contributed by atoms with Crippen molar-refractivity contribution < 1.29 is 4.39 Å². The van der Waals surface area contributed by atoms with Crippen LogP contribution in [0.3, 0.4) is 0 Å². The second kappa shape index (κ2) is 6.59. The van der Waals surface area contributed by atoms with Gasteiger partial charge >= 0.3 is 0 Å². The normalized spacial score (nSPS) is 10.5. The lowest BCUT2D eigenvalue weighted by Gasteiger charge is -2.18. The number of thiazole rings is 1. The molecule has 0 unspecified atom stereocenters. The van der Waals surface area contributed by atoms with Crippen molar-refractivity contribution in [3.05, 3.63) is 59.9 Å². The van der Waals surface area contributed by atoms with E-state index in [1.165, 1.54) is 17.7 Å². The highest BCUT2D eigenvalue weighted by molar-refractivity contribution is 7.22. The minimum absolute atomic E-state index is 0.267. The van der Waals surface area contributed by atoms with Gasteiger partial charge in [0.2, 0.25) is 0 Å². The zero-order chi connectivity index (χ0) is 15.4. The summed E-state index contributed by atoms with van der Waals surface area (Å²) < 4.78 is 14.3. The molecular weight excluding hydrogens is 295 g/mol. The van der Waals surface area contributed by atoms with Gasteiger partial charge in [0.15, 0.2) is 5.13 Å². The summed E-state index contributed by atoms with van der Waals surface area (Å²) >= 11 is 1.54. The van der Waals surface area contributed by atoms with Gasteiger partial charge in [0.05, 0.1) is 16.8 Å². The molecule has 110 valence electrons. The van der Waals surface area contributed by atoms with Gasteiger partial charge in [-0.15, -0.1) is 6.42 Å². The highest BCUT2D eigenvalue weighted by Gasteiger charge is 2.12. The number of fused-ring (bicyclic) bond motifs is 1. The van der Waals surface area contributed by atoms with Crippen molar-refractivity contribution in [3.63, 3.8) is 0 Å². The summed E-state index contributed by atoms with van der Waals surface area (Å²) in [5.41, 5.74) is 1.94. The minimum Gasteiger partial charge on any atom is -0.337 e. The van der Waals surface area contributed by atoms with Gasteiger partial charge in [0.25, 0.3) is 0 Å². The van der Waals surface area contributed by atoms with Crippen LogP contribution in [0.25, 0.3) is 10.2 Å². The van der Waals surface area contributed by atoms with E-state index in [-0.39, 0.29) is 5.82 Å². The lowest BCUT2D eigenvalue weighted by Crippen LogP contribution is -2.25. The van der Waals surface area contributed by atoms with Gasteiger partial charge in [0, 0.05) is 12.6 Å². The third kappa shape index (κ3) is 3.26. The molecule has 0 aliphatic carbocycles. The fourth-order valence-electron chi connectivity index (χ4n) is 2.28. The maximum absolute atomic E-state index is 13.3. The van der Waals surface area contributed by atoms with Crippen LogP contribution < -0.4 is 4.90 Å². The molecule has 0 aliphatic heterocycles. The molecular formula is C18H15FN2S. The Bertz CT molecular complexity index is 805. The number of hydrogen-bond acceptors (Lipinski definition) is 3. The molecule has 0 atom stereocenters. The molecule has 0 spiro atoms. The Balaban J connectivity index is 1.81. The third-order valence-electron chi connectivity index (χ3n) is 3.40. The Morgan fingerprint density at radius 2 is 2.00 bits per heavy atom. The van der Waals surface area contributed by atoms with Crippen molar-refractivity contribution in [2.45, 2.75) is 6.42 Å². The van der Waals surface area contributed by atoms with Crippen molar-refractivity contribution in [3.8, 4) is 12.3 Å². The lowest BCUT2D eigenvalue weighted by atomic mass is 10.1. The fraction of sp³-hybridized carbons (Fsp3) is 0.167. The molecule has 22 heavy (non-hydrogen) atoms. The quantitative estimate of drug-likeness (QED) is 0.659. The lowest BCUT2D eigenvalue weighted by molar-refractivity contribution is 0.629. The van der Waals surface area contributed by atoms with Crippen LogP contribution in [0.1, 0.15) is 5.56 Å².